The van der Waals surface area contributed by atoms with E-state index >= 15 is 0 Å². The first-order valence-electron chi connectivity index (χ1n) is 7.41. The summed E-state index contributed by atoms with van der Waals surface area (Å²) in [6.45, 7) is -0.715. The molecule has 1 atom stereocenters. The molecular weight excluding hydrogens is 343 g/mol. The van der Waals surface area contributed by atoms with Crippen LogP contribution in [0.4, 0.5) is 13.2 Å². The van der Waals surface area contributed by atoms with E-state index < -0.39 is 36.5 Å². The second-order valence-corrected chi connectivity index (χ2v) is 5.52. The molecule has 2 aromatic rings. The van der Waals surface area contributed by atoms with Crippen molar-refractivity contribution in [2.45, 2.75) is 18.8 Å². The van der Waals surface area contributed by atoms with Crippen LogP contribution in [0.3, 0.4) is 0 Å². The molecule has 0 spiro atoms. The number of fused-ring (bicyclic) bond motifs is 1. The Morgan fingerprint density at radius 2 is 2.04 bits per heavy atom. The molecule has 3 rings (SSSR count). The van der Waals surface area contributed by atoms with Crippen LogP contribution in [0, 0.1) is 0 Å². The van der Waals surface area contributed by atoms with Gasteiger partial charge in [-0.05, 0) is 12.1 Å². The number of imidazole rings is 1. The number of rotatable bonds is 3. The smallest absolute Gasteiger partial charge is 0.449 e. The fourth-order valence-electron chi connectivity index (χ4n) is 2.78. The van der Waals surface area contributed by atoms with Gasteiger partial charge in [0.15, 0.2) is 6.04 Å². The number of carbonyl (C=O) groups excluding carboxylic acids is 1. The van der Waals surface area contributed by atoms with E-state index in [2.05, 4.69) is 4.98 Å². The lowest BCUT2D eigenvalue weighted by Crippen LogP contribution is -2.53. The first-order valence-corrected chi connectivity index (χ1v) is 7.41. The van der Waals surface area contributed by atoms with Gasteiger partial charge in [-0.1, -0.05) is 12.1 Å². The standard InChI is InChI=1S/C15H14F3N3O4/c16-15(17,18)14-19-9-3-1-2-4-10(9)21(14)7-12(22)20-5-6-25-8-11(20)13(23)24/h1-4,11H,5-8H2,(H,23,24). The fourth-order valence-corrected chi connectivity index (χ4v) is 2.78. The summed E-state index contributed by atoms with van der Waals surface area (Å²) in [5, 5.41) is 9.17. The molecule has 25 heavy (non-hydrogen) atoms. The van der Waals surface area contributed by atoms with Crippen LogP contribution in [0.2, 0.25) is 0 Å². The minimum absolute atomic E-state index is 0.00375. The maximum absolute atomic E-state index is 13.3. The number of nitrogens with zero attached hydrogens (tertiary/aromatic N) is 3. The Hall–Kier alpha value is -2.62. The van der Waals surface area contributed by atoms with Crippen LogP contribution in [0.1, 0.15) is 5.82 Å². The lowest BCUT2D eigenvalue weighted by atomic mass is 10.2. The summed E-state index contributed by atoms with van der Waals surface area (Å²) in [5.74, 6) is -3.19. The third-order valence-electron chi connectivity index (χ3n) is 3.94. The number of amides is 1. The Bertz CT molecular complexity index is 818. The van der Waals surface area contributed by atoms with Crippen LogP contribution >= 0.6 is 0 Å². The molecule has 0 aliphatic carbocycles. The molecule has 1 saturated heterocycles. The normalized spacial score (nSPS) is 18.5. The molecular formula is C15H14F3N3O4. The van der Waals surface area contributed by atoms with E-state index in [0.29, 0.717) is 0 Å². The van der Waals surface area contributed by atoms with E-state index in [1.807, 2.05) is 0 Å². The van der Waals surface area contributed by atoms with Gasteiger partial charge in [0.1, 0.15) is 6.54 Å². The van der Waals surface area contributed by atoms with Gasteiger partial charge in [-0.2, -0.15) is 13.2 Å². The van der Waals surface area contributed by atoms with E-state index in [1.165, 1.54) is 12.1 Å². The molecule has 10 heteroatoms. The van der Waals surface area contributed by atoms with Crippen LogP contribution in [-0.2, 0) is 27.0 Å². The van der Waals surface area contributed by atoms with Crippen molar-refractivity contribution in [2.24, 2.45) is 0 Å². The van der Waals surface area contributed by atoms with Crippen molar-refractivity contribution in [3.63, 3.8) is 0 Å². The predicted molar refractivity (Wildman–Crippen MR) is 78.7 cm³/mol. The third kappa shape index (κ3) is 3.29. The average molecular weight is 357 g/mol. The van der Waals surface area contributed by atoms with Crippen molar-refractivity contribution in [3.05, 3.63) is 30.1 Å². The zero-order valence-electron chi connectivity index (χ0n) is 12.9. The number of ether oxygens (including phenoxy) is 1. The number of alkyl halides is 3. The highest BCUT2D eigenvalue weighted by atomic mass is 19.4. The van der Waals surface area contributed by atoms with E-state index in [0.717, 1.165) is 9.47 Å². The van der Waals surface area contributed by atoms with Crippen molar-refractivity contribution in [1.82, 2.24) is 14.5 Å². The highest BCUT2D eigenvalue weighted by Crippen LogP contribution is 2.31. The molecule has 1 aliphatic heterocycles. The van der Waals surface area contributed by atoms with Gasteiger partial charge in [0.05, 0.1) is 24.2 Å². The summed E-state index contributed by atoms with van der Waals surface area (Å²) in [7, 11) is 0. The molecule has 0 bridgehead atoms. The summed E-state index contributed by atoms with van der Waals surface area (Å²) >= 11 is 0. The molecule has 1 fully saturated rings. The van der Waals surface area contributed by atoms with Crippen molar-refractivity contribution >= 4 is 22.9 Å². The first kappa shape index (κ1) is 17.2. The number of hydrogen-bond donors (Lipinski definition) is 1. The number of carboxylic acids is 1. The summed E-state index contributed by atoms with van der Waals surface area (Å²) < 4.78 is 45.6. The van der Waals surface area contributed by atoms with E-state index in [-0.39, 0.29) is 30.8 Å². The van der Waals surface area contributed by atoms with Crippen molar-refractivity contribution in [3.8, 4) is 0 Å². The lowest BCUT2D eigenvalue weighted by molar-refractivity contribution is -0.159. The number of para-hydroxylation sites is 2. The summed E-state index contributed by atoms with van der Waals surface area (Å²) in [5.41, 5.74) is 0.266. The number of morpholine rings is 1. The predicted octanol–water partition coefficient (Wildman–Crippen LogP) is 1.37. The molecule has 0 saturated carbocycles. The minimum atomic E-state index is -4.74. The largest absolute Gasteiger partial charge is 0.480 e. The monoisotopic (exact) mass is 357 g/mol. The van der Waals surface area contributed by atoms with Crippen molar-refractivity contribution in [1.29, 1.82) is 0 Å². The lowest BCUT2D eigenvalue weighted by Gasteiger charge is -2.33. The zero-order chi connectivity index (χ0) is 18.2. The number of benzene rings is 1. The average Bonchev–Trinajstić information content (AvgIpc) is 2.94. The maximum atomic E-state index is 13.3. The molecule has 1 N–H and O–H groups in total. The molecule has 1 amide bonds. The van der Waals surface area contributed by atoms with Gasteiger partial charge in [0.2, 0.25) is 11.7 Å². The molecule has 1 aliphatic rings. The number of aliphatic carboxylic acids is 1. The van der Waals surface area contributed by atoms with Crippen molar-refractivity contribution < 1.29 is 32.6 Å². The topological polar surface area (TPSA) is 84.7 Å². The van der Waals surface area contributed by atoms with Gasteiger partial charge in [-0.25, -0.2) is 9.78 Å². The van der Waals surface area contributed by atoms with Crippen LogP contribution < -0.4 is 0 Å². The Morgan fingerprint density at radius 1 is 1.32 bits per heavy atom. The van der Waals surface area contributed by atoms with Gasteiger partial charge in [0, 0.05) is 6.54 Å². The Labute approximate surface area is 139 Å². The molecule has 0 radical (unpaired) electrons. The summed E-state index contributed by atoms with van der Waals surface area (Å²) in [6, 6.07) is 4.72. The third-order valence-corrected chi connectivity index (χ3v) is 3.94. The SMILES string of the molecule is O=C(O)C1COCCN1C(=O)Cn1c(C(F)(F)F)nc2ccccc21. The van der Waals surface area contributed by atoms with E-state index in [4.69, 9.17) is 9.84 Å². The van der Waals surface area contributed by atoms with Crippen molar-refractivity contribution in [2.75, 3.05) is 19.8 Å². The highest BCUT2D eigenvalue weighted by Gasteiger charge is 2.39. The zero-order valence-corrected chi connectivity index (χ0v) is 12.9. The van der Waals surface area contributed by atoms with Crippen LogP contribution in [0.25, 0.3) is 11.0 Å². The second kappa shape index (κ2) is 6.36. The number of carbonyl (C=O) groups is 2. The molecule has 134 valence electrons. The molecule has 7 nitrogen and oxygen atoms in total. The maximum Gasteiger partial charge on any atom is 0.449 e. The van der Waals surface area contributed by atoms with Gasteiger partial charge in [-0.15, -0.1) is 0 Å². The number of aromatic nitrogens is 2. The highest BCUT2D eigenvalue weighted by molar-refractivity contribution is 5.85. The van der Waals surface area contributed by atoms with Gasteiger partial charge in [0.25, 0.3) is 0 Å². The van der Waals surface area contributed by atoms with Gasteiger partial charge >= 0.3 is 12.1 Å². The van der Waals surface area contributed by atoms with E-state index in [1.54, 1.807) is 12.1 Å². The summed E-state index contributed by atoms with van der Waals surface area (Å²) in [4.78, 5) is 28.3. The van der Waals surface area contributed by atoms with E-state index in [9.17, 15) is 22.8 Å². The molecule has 1 aromatic heterocycles. The van der Waals surface area contributed by atoms with Crippen LogP contribution in [0.15, 0.2) is 24.3 Å². The van der Waals surface area contributed by atoms with Crippen LogP contribution in [0.5, 0.6) is 0 Å². The first-order chi connectivity index (χ1) is 11.8. The number of halogens is 3. The molecule has 2 heterocycles. The minimum Gasteiger partial charge on any atom is -0.480 e. The number of carboxylic acid groups (broad SMARTS) is 1. The molecule has 1 unspecified atom stereocenters. The Morgan fingerprint density at radius 3 is 2.72 bits per heavy atom. The fraction of sp³-hybridized carbons (Fsp3) is 0.400. The Balaban J connectivity index is 1.96. The van der Waals surface area contributed by atoms with Crippen LogP contribution in [-0.4, -0.2) is 57.2 Å². The van der Waals surface area contributed by atoms with Gasteiger partial charge in [-0.3, -0.25) is 4.79 Å². The molecule has 1 aromatic carbocycles. The Kier molecular flexibility index (Phi) is 4.38. The quantitative estimate of drug-likeness (QED) is 0.897. The number of hydrogen-bond acceptors (Lipinski definition) is 4. The second-order valence-electron chi connectivity index (χ2n) is 5.52. The van der Waals surface area contributed by atoms with Gasteiger partial charge < -0.3 is 19.3 Å². The summed E-state index contributed by atoms with van der Waals surface area (Å²) in [6.07, 6.45) is -4.74.